The Balaban J connectivity index is 2.57. The van der Waals surface area contributed by atoms with Crippen LogP contribution < -0.4 is 5.73 Å². The Bertz CT molecular complexity index is 412. The molecule has 0 radical (unpaired) electrons. The minimum absolute atomic E-state index is 0.157. The van der Waals surface area contributed by atoms with E-state index in [0.717, 1.165) is 0 Å². The molecular formula is C7H9N5O. The van der Waals surface area contributed by atoms with Crippen LogP contribution in [0.25, 0.3) is 5.65 Å². The van der Waals surface area contributed by atoms with Gasteiger partial charge in [-0.25, -0.2) is 4.98 Å². The van der Waals surface area contributed by atoms with Gasteiger partial charge in [-0.2, -0.15) is 0 Å². The van der Waals surface area contributed by atoms with Gasteiger partial charge in [0.25, 0.3) is 0 Å². The minimum Gasteiger partial charge on any atom is -0.394 e. The van der Waals surface area contributed by atoms with Crippen molar-refractivity contribution in [1.29, 1.82) is 0 Å². The predicted molar refractivity (Wildman–Crippen MR) is 44.8 cm³/mol. The first-order valence-corrected chi connectivity index (χ1v) is 3.84. The number of aliphatic hydroxyl groups is 1. The highest BCUT2D eigenvalue weighted by molar-refractivity contribution is 5.35. The molecule has 1 unspecified atom stereocenters. The Kier molecular flexibility index (Phi) is 1.91. The van der Waals surface area contributed by atoms with Crippen molar-refractivity contribution < 1.29 is 5.11 Å². The standard InChI is InChI=1S/C7H9N5O/c8-5(3-13)7-11-10-6-1-2-9-4-12(6)7/h1-2,4-5,13H,3,8H2. The van der Waals surface area contributed by atoms with Crippen molar-refractivity contribution in [2.75, 3.05) is 6.61 Å². The largest absolute Gasteiger partial charge is 0.394 e. The molecule has 0 aliphatic rings. The molecule has 0 amide bonds. The Morgan fingerprint density at radius 1 is 1.54 bits per heavy atom. The lowest BCUT2D eigenvalue weighted by molar-refractivity contribution is 0.262. The third kappa shape index (κ3) is 1.25. The van der Waals surface area contributed by atoms with Crippen LogP contribution in [0.4, 0.5) is 0 Å². The van der Waals surface area contributed by atoms with Gasteiger partial charge in [0.2, 0.25) is 0 Å². The Morgan fingerprint density at radius 3 is 3.15 bits per heavy atom. The summed E-state index contributed by atoms with van der Waals surface area (Å²) >= 11 is 0. The van der Waals surface area contributed by atoms with Crippen molar-refractivity contribution in [2.24, 2.45) is 5.73 Å². The summed E-state index contributed by atoms with van der Waals surface area (Å²) in [4.78, 5) is 3.91. The molecule has 0 bridgehead atoms. The smallest absolute Gasteiger partial charge is 0.163 e. The molecule has 0 aromatic carbocycles. The summed E-state index contributed by atoms with van der Waals surface area (Å²) in [5, 5.41) is 16.6. The summed E-state index contributed by atoms with van der Waals surface area (Å²) in [6.07, 6.45) is 3.19. The Labute approximate surface area is 74.0 Å². The van der Waals surface area contributed by atoms with Gasteiger partial charge >= 0.3 is 0 Å². The van der Waals surface area contributed by atoms with Gasteiger partial charge in [0.05, 0.1) is 12.6 Å². The molecular weight excluding hydrogens is 170 g/mol. The summed E-state index contributed by atoms with van der Waals surface area (Å²) in [6.45, 7) is -0.157. The van der Waals surface area contributed by atoms with Crippen LogP contribution in [0, 0.1) is 0 Å². The summed E-state index contributed by atoms with van der Waals surface area (Å²) in [7, 11) is 0. The van der Waals surface area contributed by atoms with Crippen LogP contribution in [0.3, 0.4) is 0 Å². The lowest BCUT2D eigenvalue weighted by Gasteiger charge is -2.04. The molecule has 2 aromatic heterocycles. The van der Waals surface area contributed by atoms with E-state index >= 15 is 0 Å². The second-order valence-electron chi connectivity index (χ2n) is 2.66. The second kappa shape index (κ2) is 3.08. The van der Waals surface area contributed by atoms with E-state index in [-0.39, 0.29) is 6.61 Å². The van der Waals surface area contributed by atoms with E-state index in [1.165, 1.54) is 0 Å². The number of aliphatic hydroxyl groups excluding tert-OH is 1. The van der Waals surface area contributed by atoms with Gasteiger partial charge in [-0.05, 0) is 0 Å². The molecule has 2 aromatic rings. The third-order valence-corrected chi connectivity index (χ3v) is 1.77. The van der Waals surface area contributed by atoms with Crippen LogP contribution in [0.5, 0.6) is 0 Å². The van der Waals surface area contributed by atoms with E-state index in [1.54, 1.807) is 23.0 Å². The van der Waals surface area contributed by atoms with Crippen molar-refractivity contribution in [3.8, 4) is 0 Å². The van der Waals surface area contributed by atoms with E-state index in [1.807, 2.05) is 0 Å². The maximum atomic E-state index is 8.84. The molecule has 0 saturated heterocycles. The molecule has 0 fully saturated rings. The molecule has 1 atom stereocenters. The fourth-order valence-corrected chi connectivity index (χ4v) is 1.10. The number of rotatable bonds is 2. The number of hydrogen-bond acceptors (Lipinski definition) is 5. The maximum Gasteiger partial charge on any atom is 0.163 e. The molecule has 6 heteroatoms. The SMILES string of the molecule is NC(CO)c1nnc2ccncn12. The van der Waals surface area contributed by atoms with Crippen molar-refractivity contribution in [3.05, 3.63) is 24.4 Å². The number of nitrogens with two attached hydrogens (primary N) is 1. The Morgan fingerprint density at radius 2 is 2.38 bits per heavy atom. The second-order valence-corrected chi connectivity index (χ2v) is 2.66. The summed E-state index contributed by atoms with van der Waals surface area (Å²) in [5.74, 6) is 0.519. The molecule has 68 valence electrons. The minimum atomic E-state index is -0.515. The first-order valence-electron chi connectivity index (χ1n) is 3.84. The van der Waals surface area contributed by atoms with Crippen LogP contribution in [-0.4, -0.2) is 31.3 Å². The lowest BCUT2D eigenvalue weighted by atomic mass is 10.3. The van der Waals surface area contributed by atoms with Gasteiger partial charge in [0, 0.05) is 12.3 Å². The molecule has 2 heterocycles. The quantitative estimate of drug-likeness (QED) is 0.624. The highest BCUT2D eigenvalue weighted by Crippen LogP contribution is 2.07. The van der Waals surface area contributed by atoms with E-state index < -0.39 is 6.04 Å². The van der Waals surface area contributed by atoms with Gasteiger partial charge in [-0.1, -0.05) is 0 Å². The molecule has 6 nitrogen and oxygen atoms in total. The number of aromatic nitrogens is 4. The van der Waals surface area contributed by atoms with Crippen molar-refractivity contribution >= 4 is 5.65 Å². The van der Waals surface area contributed by atoms with Gasteiger partial charge in [0.1, 0.15) is 6.33 Å². The Hall–Kier alpha value is -1.53. The third-order valence-electron chi connectivity index (χ3n) is 1.77. The summed E-state index contributed by atoms with van der Waals surface area (Å²) in [6, 6.07) is 1.21. The molecule has 3 N–H and O–H groups in total. The topological polar surface area (TPSA) is 89.3 Å². The average molecular weight is 179 g/mol. The van der Waals surface area contributed by atoms with Gasteiger partial charge in [0.15, 0.2) is 11.5 Å². The number of hydrogen-bond donors (Lipinski definition) is 2. The van der Waals surface area contributed by atoms with E-state index in [9.17, 15) is 0 Å². The molecule has 13 heavy (non-hydrogen) atoms. The summed E-state index contributed by atoms with van der Waals surface area (Å²) < 4.78 is 1.65. The van der Waals surface area contributed by atoms with E-state index in [2.05, 4.69) is 15.2 Å². The van der Waals surface area contributed by atoms with Crippen molar-refractivity contribution in [2.45, 2.75) is 6.04 Å². The zero-order valence-electron chi connectivity index (χ0n) is 6.83. The van der Waals surface area contributed by atoms with Crippen molar-refractivity contribution in [3.63, 3.8) is 0 Å². The van der Waals surface area contributed by atoms with Gasteiger partial charge < -0.3 is 10.8 Å². The molecule has 0 spiro atoms. The molecule has 2 rings (SSSR count). The maximum absolute atomic E-state index is 8.84. The van der Waals surface area contributed by atoms with Gasteiger partial charge in [-0.15, -0.1) is 10.2 Å². The number of fused-ring (bicyclic) bond motifs is 1. The molecule has 0 aliphatic carbocycles. The van der Waals surface area contributed by atoms with Crippen LogP contribution in [0.1, 0.15) is 11.9 Å². The lowest BCUT2D eigenvalue weighted by Crippen LogP contribution is -2.17. The van der Waals surface area contributed by atoms with E-state index in [0.29, 0.717) is 11.5 Å². The normalized spacial score (nSPS) is 13.4. The van der Waals surface area contributed by atoms with E-state index in [4.69, 9.17) is 10.8 Å². The fourth-order valence-electron chi connectivity index (χ4n) is 1.10. The zero-order valence-corrected chi connectivity index (χ0v) is 6.83. The van der Waals surface area contributed by atoms with Crippen molar-refractivity contribution in [1.82, 2.24) is 19.6 Å². The van der Waals surface area contributed by atoms with Crippen LogP contribution in [0.15, 0.2) is 18.6 Å². The molecule has 0 aliphatic heterocycles. The van der Waals surface area contributed by atoms with Crippen LogP contribution >= 0.6 is 0 Å². The highest BCUT2D eigenvalue weighted by atomic mass is 16.3. The van der Waals surface area contributed by atoms with Gasteiger partial charge in [-0.3, -0.25) is 4.40 Å². The van der Waals surface area contributed by atoms with Crippen LogP contribution in [-0.2, 0) is 0 Å². The monoisotopic (exact) mass is 179 g/mol. The highest BCUT2D eigenvalue weighted by Gasteiger charge is 2.11. The zero-order chi connectivity index (χ0) is 9.26. The average Bonchev–Trinajstić information content (AvgIpc) is 2.60. The predicted octanol–water partition coefficient (Wildman–Crippen LogP) is -0.884. The molecule has 0 saturated carbocycles. The van der Waals surface area contributed by atoms with Crippen LogP contribution in [0.2, 0.25) is 0 Å². The fraction of sp³-hybridized carbons (Fsp3) is 0.286. The first kappa shape index (κ1) is 8.09. The summed E-state index contributed by atoms with van der Waals surface area (Å²) in [5.41, 5.74) is 6.28. The number of nitrogens with zero attached hydrogens (tertiary/aromatic N) is 4. The first-order chi connectivity index (χ1) is 6.33.